The largest absolute Gasteiger partial charge is 0.388 e. The average Bonchev–Trinajstić information content (AvgIpc) is 2.49. The van der Waals surface area contributed by atoms with E-state index in [1.165, 1.54) is 0 Å². The predicted molar refractivity (Wildman–Crippen MR) is 75.4 cm³/mol. The second-order valence-electron chi connectivity index (χ2n) is 4.94. The topological polar surface area (TPSA) is 44.0 Å². The van der Waals surface area contributed by atoms with Crippen LogP contribution in [-0.2, 0) is 5.41 Å². The Morgan fingerprint density at radius 2 is 1.58 bits per heavy atom. The van der Waals surface area contributed by atoms with Gasteiger partial charge >= 0.3 is 0 Å². The van der Waals surface area contributed by atoms with Crippen LogP contribution in [0.5, 0.6) is 0 Å². The van der Waals surface area contributed by atoms with Crippen LogP contribution in [0.1, 0.15) is 30.6 Å². The van der Waals surface area contributed by atoms with Crippen molar-refractivity contribution in [3.63, 3.8) is 0 Å². The normalized spacial score (nSPS) is 15.2. The Balaban J connectivity index is 2.23. The Hall–Kier alpha value is -2.11. The number of nitriles is 1. The quantitative estimate of drug-likeness (QED) is 0.902. The molecule has 2 heteroatoms. The fourth-order valence-electron chi connectivity index (χ4n) is 2.21. The van der Waals surface area contributed by atoms with E-state index in [4.69, 9.17) is 0 Å². The summed E-state index contributed by atoms with van der Waals surface area (Å²) in [6.07, 6.45) is -0.247. The minimum Gasteiger partial charge on any atom is -0.388 e. The monoisotopic (exact) mass is 251 g/mol. The predicted octanol–water partition coefficient (Wildman–Crippen LogP) is 3.59. The van der Waals surface area contributed by atoms with Crippen molar-refractivity contribution in [1.29, 1.82) is 5.26 Å². The van der Waals surface area contributed by atoms with Gasteiger partial charge in [-0.1, -0.05) is 60.7 Å². The van der Waals surface area contributed by atoms with E-state index in [0.717, 1.165) is 11.1 Å². The maximum atomic E-state index is 10.3. The molecule has 1 N–H and O–H groups in total. The highest BCUT2D eigenvalue weighted by Crippen LogP contribution is 2.33. The molecule has 96 valence electrons. The first-order valence-corrected chi connectivity index (χ1v) is 6.35. The van der Waals surface area contributed by atoms with E-state index in [9.17, 15) is 10.4 Å². The first kappa shape index (κ1) is 13.3. The summed E-state index contributed by atoms with van der Waals surface area (Å²) in [5.74, 6) is 0. The van der Waals surface area contributed by atoms with Gasteiger partial charge in [0.15, 0.2) is 0 Å². The number of nitrogens with zero attached hydrogens (tertiary/aromatic N) is 1. The fourth-order valence-corrected chi connectivity index (χ4v) is 2.21. The number of hydrogen-bond acceptors (Lipinski definition) is 2. The van der Waals surface area contributed by atoms with Crippen LogP contribution >= 0.6 is 0 Å². The van der Waals surface area contributed by atoms with Gasteiger partial charge in [0.25, 0.3) is 0 Å². The lowest BCUT2D eigenvalue weighted by molar-refractivity contribution is 0.148. The second kappa shape index (κ2) is 5.69. The van der Waals surface area contributed by atoms with Gasteiger partial charge < -0.3 is 5.11 Å². The van der Waals surface area contributed by atoms with Gasteiger partial charge in [0.05, 0.1) is 17.6 Å². The molecular formula is C17H17NO. The summed E-state index contributed by atoms with van der Waals surface area (Å²) < 4.78 is 0. The van der Waals surface area contributed by atoms with Gasteiger partial charge in [-0.3, -0.25) is 0 Å². The SMILES string of the molecule is CC(C#N)(CC(O)c1ccccc1)c1ccccc1. The molecule has 0 saturated heterocycles. The highest BCUT2D eigenvalue weighted by Gasteiger charge is 2.29. The zero-order valence-electron chi connectivity index (χ0n) is 11.0. The molecule has 19 heavy (non-hydrogen) atoms. The van der Waals surface area contributed by atoms with Crippen LogP contribution in [0.3, 0.4) is 0 Å². The zero-order valence-corrected chi connectivity index (χ0v) is 11.0. The van der Waals surface area contributed by atoms with Crippen LogP contribution in [0.15, 0.2) is 60.7 Å². The molecule has 0 aliphatic rings. The minimum absolute atomic E-state index is 0.386. The van der Waals surface area contributed by atoms with Crippen molar-refractivity contribution in [3.8, 4) is 6.07 Å². The molecule has 0 aliphatic heterocycles. The van der Waals surface area contributed by atoms with Crippen molar-refractivity contribution in [2.45, 2.75) is 24.9 Å². The first-order chi connectivity index (χ1) is 9.15. The molecule has 2 atom stereocenters. The van der Waals surface area contributed by atoms with E-state index < -0.39 is 11.5 Å². The molecular weight excluding hydrogens is 234 g/mol. The standard InChI is InChI=1S/C17H17NO/c1-17(13-18,15-10-6-3-7-11-15)12-16(19)14-8-4-2-5-9-14/h2-11,16,19H,12H2,1H3. The molecule has 0 saturated carbocycles. The van der Waals surface area contributed by atoms with Crippen molar-refractivity contribution < 1.29 is 5.11 Å². The molecule has 2 rings (SSSR count). The van der Waals surface area contributed by atoms with E-state index in [-0.39, 0.29) is 0 Å². The summed E-state index contributed by atoms with van der Waals surface area (Å²) in [4.78, 5) is 0. The maximum absolute atomic E-state index is 10.3. The molecule has 0 aromatic heterocycles. The van der Waals surface area contributed by atoms with Gasteiger partial charge in [-0.15, -0.1) is 0 Å². The highest BCUT2D eigenvalue weighted by molar-refractivity contribution is 5.32. The Kier molecular flexibility index (Phi) is 3.99. The molecule has 0 aliphatic carbocycles. The van der Waals surface area contributed by atoms with E-state index >= 15 is 0 Å². The van der Waals surface area contributed by atoms with Crippen LogP contribution in [0.2, 0.25) is 0 Å². The van der Waals surface area contributed by atoms with Crippen LogP contribution in [-0.4, -0.2) is 5.11 Å². The third kappa shape index (κ3) is 3.01. The summed E-state index contributed by atoms with van der Waals surface area (Å²) in [5.41, 5.74) is 1.10. The van der Waals surface area contributed by atoms with Gasteiger partial charge in [0.2, 0.25) is 0 Å². The van der Waals surface area contributed by atoms with Crippen molar-refractivity contribution in [1.82, 2.24) is 0 Å². The molecule has 0 spiro atoms. The maximum Gasteiger partial charge on any atom is 0.0822 e. The van der Waals surface area contributed by atoms with E-state index in [1.807, 2.05) is 67.6 Å². The third-order valence-electron chi connectivity index (χ3n) is 3.44. The van der Waals surface area contributed by atoms with Crippen molar-refractivity contribution >= 4 is 0 Å². The van der Waals surface area contributed by atoms with Gasteiger partial charge in [-0.25, -0.2) is 0 Å². The summed E-state index contributed by atoms with van der Waals surface area (Å²) in [5, 5.41) is 19.8. The molecule has 0 heterocycles. The molecule has 0 radical (unpaired) electrons. The molecule has 0 amide bonds. The van der Waals surface area contributed by atoms with Crippen LogP contribution in [0.4, 0.5) is 0 Å². The zero-order chi connectivity index (χ0) is 13.7. The molecule has 2 nitrogen and oxygen atoms in total. The smallest absolute Gasteiger partial charge is 0.0822 e. The van der Waals surface area contributed by atoms with Gasteiger partial charge in [-0.2, -0.15) is 5.26 Å². The number of hydrogen-bond donors (Lipinski definition) is 1. The molecule has 0 bridgehead atoms. The Bertz CT molecular complexity index is 559. The van der Waals surface area contributed by atoms with Crippen LogP contribution < -0.4 is 0 Å². The minimum atomic E-state index is -0.684. The van der Waals surface area contributed by atoms with E-state index in [0.29, 0.717) is 6.42 Å². The Labute approximate surface area is 114 Å². The van der Waals surface area contributed by atoms with Gasteiger partial charge in [-0.05, 0) is 24.5 Å². The van der Waals surface area contributed by atoms with Crippen LogP contribution in [0, 0.1) is 11.3 Å². The van der Waals surface area contributed by atoms with E-state index in [1.54, 1.807) is 0 Å². The Morgan fingerprint density at radius 3 is 2.11 bits per heavy atom. The second-order valence-corrected chi connectivity index (χ2v) is 4.94. The highest BCUT2D eigenvalue weighted by atomic mass is 16.3. The summed E-state index contributed by atoms with van der Waals surface area (Å²) in [6, 6.07) is 21.4. The Morgan fingerprint density at radius 1 is 1.05 bits per heavy atom. The summed E-state index contributed by atoms with van der Waals surface area (Å²) in [6.45, 7) is 1.87. The third-order valence-corrected chi connectivity index (χ3v) is 3.44. The summed E-state index contributed by atoms with van der Waals surface area (Å²) in [7, 11) is 0. The number of aliphatic hydroxyl groups is 1. The lowest BCUT2D eigenvalue weighted by Crippen LogP contribution is -2.22. The molecule has 0 fully saturated rings. The lowest BCUT2D eigenvalue weighted by atomic mass is 9.78. The average molecular weight is 251 g/mol. The van der Waals surface area contributed by atoms with Gasteiger partial charge in [0.1, 0.15) is 0 Å². The number of aliphatic hydroxyl groups excluding tert-OH is 1. The molecule has 2 aromatic rings. The van der Waals surface area contributed by atoms with Crippen molar-refractivity contribution in [2.75, 3.05) is 0 Å². The van der Waals surface area contributed by atoms with Crippen LogP contribution in [0.25, 0.3) is 0 Å². The van der Waals surface area contributed by atoms with Crippen molar-refractivity contribution in [3.05, 3.63) is 71.8 Å². The molecule has 2 unspecified atom stereocenters. The van der Waals surface area contributed by atoms with Gasteiger partial charge in [0, 0.05) is 0 Å². The molecule has 2 aromatic carbocycles. The van der Waals surface area contributed by atoms with Crippen molar-refractivity contribution in [2.24, 2.45) is 0 Å². The fraction of sp³-hybridized carbons (Fsp3) is 0.235. The first-order valence-electron chi connectivity index (χ1n) is 6.35. The number of rotatable bonds is 4. The number of benzene rings is 2. The summed E-state index contributed by atoms with van der Waals surface area (Å²) >= 11 is 0. The lowest BCUT2D eigenvalue weighted by Gasteiger charge is -2.25. The van der Waals surface area contributed by atoms with E-state index in [2.05, 4.69) is 6.07 Å².